The van der Waals surface area contributed by atoms with Gasteiger partial charge in [0.15, 0.2) is 0 Å². The summed E-state index contributed by atoms with van der Waals surface area (Å²) in [5.41, 5.74) is 1.12. The number of nitrogens with zero attached hydrogens (tertiary/aromatic N) is 2. The van der Waals surface area contributed by atoms with Crippen molar-refractivity contribution in [1.29, 1.82) is 0 Å². The van der Waals surface area contributed by atoms with E-state index in [1.807, 2.05) is 18.4 Å². The van der Waals surface area contributed by atoms with E-state index in [9.17, 15) is 4.39 Å². The third kappa shape index (κ3) is 2.22. The number of methoxy groups -OCH3 is 1. The molecule has 0 aliphatic rings. The van der Waals surface area contributed by atoms with Gasteiger partial charge in [-0.05, 0) is 26.0 Å². The van der Waals surface area contributed by atoms with Crippen LogP contribution >= 0.6 is 11.6 Å². The average molecular weight is 271 g/mol. The zero-order valence-electron chi connectivity index (χ0n) is 10.7. The molecule has 1 heterocycles. The maximum atomic E-state index is 14.0. The maximum Gasteiger partial charge on any atom is 0.149 e. The van der Waals surface area contributed by atoms with Crippen LogP contribution in [0.4, 0.5) is 4.39 Å². The van der Waals surface area contributed by atoms with Gasteiger partial charge in [-0.25, -0.2) is 9.37 Å². The van der Waals surface area contributed by atoms with E-state index >= 15 is 0 Å². The molecular weight excluding hydrogens is 255 g/mol. The van der Waals surface area contributed by atoms with E-state index in [-0.39, 0.29) is 17.2 Å². The number of imidazole rings is 1. The Morgan fingerprint density at radius 2 is 2.17 bits per heavy atom. The van der Waals surface area contributed by atoms with E-state index in [1.54, 1.807) is 19.2 Å². The zero-order valence-corrected chi connectivity index (χ0v) is 11.4. The van der Waals surface area contributed by atoms with E-state index in [1.165, 1.54) is 6.07 Å². The number of fused-ring (bicyclic) bond motifs is 1. The highest BCUT2D eigenvalue weighted by molar-refractivity contribution is 6.20. The Balaban J connectivity index is 2.68. The second-order valence-electron chi connectivity index (χ2n) is 4.37. The molecule has 1 aromatic heterocycles. The molecule has 0 aliphatic carbocycles. The van der Waals surface area contributed by atoms with Gasteiger partial charge >= 0.3 is 0 Å². The molecule has 18 heavy (non-hydrogen) atoms. The monoisotopic (exact) mass is 270 g/mol. The smallest absolute Gasteiger partial charge is 0.149 e. The number of benzene rings is 1. The third-order valence-electron chi connectivity index (χ3n) is 2.89. The lowest BCUT2D eigenvalue weighted by Gasteiger charge is -2.17. The van der Waals surface area contributed by atoms with Gasteiger partial charge in [-0.3, -0.25) is 0 Å². The molecule has 0 amide bonds. The predicted molar refractivity (Wildman–Crippen MR) is 70.5 cm³/mol. The lowest BCUT2D eigenvalue weighted by Crippen LogP contribution is -2.15. The molecule has 0 aliphatic heterocycles. The van der Waals surface area contributed by atoms with Crippen LogP contribution in [-0.4, -0.2) is 23.3 Å². The highest BCUT2D eigenvalue weighted by Gasteiger charge is 2.21. The van der Waals surface area contributed by atoms with E-state index in [4.69, 9.17) is 16.3 Å². The molecule has 1 aromatic carbocycles. The number of hydrogen-bond donors (Lipinski definition) is 0. The minimum Gasteiger partial charge on any atom is -0.383 e. The van der Waals surface area contributed by atoms with Crippen LogP contribution in [0.5, 0.6) is 0 Å². The van der Waals surface area contributed by atoms with Crippen LogP contribution in [0.2, 0.25) is 0 Å². The van der Waals surface area contributed by atoms with Crippen molar-refractivity contribution in [3.8, 4) is 0 Å². The number of ether oxygens (including phenoxy) is 1. The maximum absolute atomic E-state index is 14.0. The van der Waals surface area contributed by atoms with Crippen molar-refractivity contribution < 1.29 is 9.13 Å². The molecule has 3 nitrogen and oxygen atoms in total. The quantitative estimate of drug-likeness (QED) is 0.793. The van der Waals surface area contributed by atoms with E-state index in [0.717, 1.165) is 0 Å². The van der Waals surface area contributed by atoms with Crippen LogP contribution in [0.3, 0.4) is 0 Å². The predicted octanol–water partition coefficient (Wildman–Crippen LogP) is 3.68. The molecule has 0 radical (unpaired) electrons. The number of aromatic nitrogens is 2. The number of para-hydroxylation sites is 1. The summed E-state index contributed by atoms with van der Waals surface area (Å²) in [6, 6.07) is 4.85. The lowest BCUT2D eigenvalue weighted by molar-refractivity contribution is 0.162. The SMILES string of the molecule is COCC(C)n1c(C(C)Cl)nc2cccc(F)c21. The van der Waals surface area contributed by atoms with Crippen molar-refractivity contribution >= 4 is 22.6 Å². The Hall–Kier alpha value is -1.13. The summed E-state index contributed by atoms with van der Waals surface area (Å²) in [5.74, 6) is 0.382. The topological polar surface area (TPSA) is 27.1 Å². The molecule has 0 N–H and O–H groups in total. The van der Waals surface area contributed by atoms with Crippen LogP contribution in [-0.2, 0) is 4.74 Å². The van der Waals surface area contributed by atoms with Gasteiger partial charge in [0.2, 0.25) is 0 Å². The van der Waals surface area contributed by atoms with Crippen LogP contribution in [0, 0.1) is 5.82 Å². The van der Waals surface area contributed by atoms with Gasteiger partial charge in [-0.1, -0.05) is 6.07 Å². The molecule has 0 spiro atoms. The fourth-order valence-corrected chi connectivity index (χ4v) is 2.32. The van der Waals surface area contributed by atoms with Gasteiger partial charge in [0.25, 0.3) is 0 Å². The Morgan fingerprint density at radius 1 is 1.44 bits per heavy atom. The zero-order chi connectivity index (χ0) is 13.3. The van der Waals surface area contributed by atoms with Gasteiger partial charge in [-0.15, -0.1) is 11.6 Å². The molecule has 2 atom stereocenters. The van der Waals surface area contributed by atoms with Crippen molar-refractivity contribution in [3.63, 3.8) is 0 Å². The number of hydrogen-bond acceptors (Lipinski definition) is 2. The van der Waals surface area contributed by atoms with Gasteiger partial charge in [0.1, 0.15) is 17.2 Å². The molecule has 0 bridgehead atoms. The largest absolute Gasteiger partial charge is 0.383 e. The van der Waals surface area contributed by atoms with Crippen molar-refractivity contribution in [2.75, 3.05) is 13.7 Å². The fourth-order valence-electron chi connectivity index (χ4n) is 2.17. The summed E-state index contributed by atoms with van der Waals surface area (Å²) in [6.45, 7) is 4.27. The first-order chi connectivity index (χ1) is 8.56. The van der Waals surface area contributed by atoms with Crippen molar-refractivity contribution in [1.82, 2.24) is 9.55 Å². The molecule has 2 rings (SSSR count). The average Bonchev–Trinajstić information content (AvgIpc) is 2.70. The van der Waals surface area contributed by atoms with Gasteiger partial charge in [-0.2, -0.15) is 0 Å². The van der Waals surface area contributed by atoms with Crippen LogP contribution in [0.15, 0.2) is 18.2 Å². The Labute approximate surface area is 111 Å². The number of alkyl halides is 1. The van der Waals surface area contributed by atoms with Crippen LogP contribution in [0.25, 0.3) is 11.0 Å². The first kappa shape index (κ1) is 13.3. The lowest BCUT2D eigenvalue weighted by atomic mass is 10.2. The molecule has 98 valence electrons. The normalized spacial score (nSPS) is 14.9. The van der Waals surface area contributed by atoms with Gasteiger partial charge < -0.3 is 9.30 Å². The molecule has 0 fully saturated rings. The molecule has 0 saturated heterocycles. The third-order valence-corrected chi connectivity index (χ3v) is 3.09. The fraction of sp³-hybridized carbons (Fsp3) is 0.462. The minimum absolute atomic E-state index is 0.0203. The van der Waals surface area contributed by atoms with E-state index < -0.39 is 0 Å². The second kappa shape index (κ2) is 5.24. The molecular formula is C13H16ClFN2O. The van der Waals surface area contributed by atoms with Gasteiger partial charge in [0.05, 0.1) is 23.5 Å². The summed E-state index contributed by atoms with van der Waals surface area (Å²) in [7, 11) is 1.62. The van der Waals surface area contributed by atoms with Gasteiger partial charge in [0, 0.05) is 7.11 Å². The van der Waals surface area contributed by atoms with Crippen LogP contribution < -0.4 is 0 Å². The highest BCUT2D eigenvalue weighted by atomic mass is 35.5. The summed E-state index contributed by atoms with van der Waals surface area (Å²) in [5, 5.41) is -0.281. The summed E-state index contributed by atoms with van der Waals surface area (Å²) in [6.07, 6.45) is 0. The Kier molecular flexibility index (Phi) is 3.88. The molecule has 2 aromatic rings. The first-order valence-corrected chi connectivity index (χ1v) is 6.29. The minimum atomic E-state index is -0.286. The van der Waals surface area contributed by atoms with E-state index in [2.05, 4.69) is 4.98 Å². The number of rotatable bonds is 4. The molecule has 0 saturated carbocycles. The van der Waals surface area contributed by atoms with Crippen molar-refractivity contribution in [3.05, 3.63) is 29.8 Å². The Morgan fingerprint density at radius 3 is 2.78 bits per heavy atom. The summed E-state index contributed by atoms with van der Waals surface area (Å²) in [4.78, 5) is 4.41. The standard InChI is InChI=1S/C13H16ClFN2O/c1-8(7-18-3)17-12-10(15)5-4-6-11(12)16-13(17)9(2)14/h4-6,8-9H,7H2,1-3H3. The highest BCUT2D eigenvalue weighted by Crippen LogP contribution is 2.29. The van der Waals surface area contributed by atoms with Crippen molar-refractivity contribution in [2.45, 2.75) is 25.3 Å². The second-order valence-corrected chi connectivity index (χ2v) is 5.02. The summed E-state index contributed by atoms with van der Waals surface area (Å²) < 4.78 is 20.9. The molecule has 2 unspecified atom stereocenters. The van der Waals surface area contributed by atoms with Crippen molar-refractivity contribution in [2.24, 2.45) is 0 Å². The number of halogens is 2. The first-order valence-electron chi connectivity index (χ1n) is 5.85. The van der Waals surface area contributed by atoms with E-state index in [0.29, 0.717) is 23.5 Å². The Bertz CT molecular complexity index is 553. The summed E-state index contributed by atoms with van der Waals surface area (Å²) >= 11 is 6.13. The van der Waals surface area contributed by atoms with Crippen LogP contribution in [0.1, 0.15) is 31.1 Å². The molecule has 5 heteroatoms.